The molecule has 2 aromatic rings. The fourth-order valence-electron chi connectivity index (χ4n) is 2.95. The number of rotatable bonds is 6. The van der Waals surface area contributed by atoms with Gasteiger partial charge in [0.05, 0.1) is 16.1 Å². The van der Waals surface area contributed by atoms with E-state index in [-0.39, 0.29) is 30.8 Å². The monoisotopic (exact) mass is 611 g/mol. The van der Waals surface area contributed by atoms with E-state index in [4.69, 9.17) is 12.6 Å². The number of carbonyl (C=O) groups is 2. The molecule has 8 heteroatoms. The Hall–Kier alpha value is -1.21. The van der Waals surface area contributed by atoms with Gasteiger partial charge in [0.25, 0.3) is 0 Å². The number of aromatic nitrogens is 1. The molecule has 2 heterocycles. The predicted molar refractivity (Wildman–Crippen MR) is 117 cm³/mol. The number of aryl methyl sites for hydroxylation is 1. The smallest absolute Gasteiger partial charge is 0.221 e. The first-order chi connectivity index (χ1) is 13.3. The number of nitrogens with zero attached hydrogens (tertiary/aromatic N) is 2. The van der Waals surface area contributed by atoms with Gasteiger partial charge in [-0.05, 0) is 30.9 Å². The third-order valence-electron chi connectivity index (χ3n) is 4.39. The zero-order chi connectivity index (χ0) is 20.6. The van der Waals surface area contributed by atoms with Gasteiger partial charge in [0.2, 0.25) is 12.3 Å². The van der Waals surface area contributed by atoms with Crippen molar-refractivity contribution in [3.8, 4) is 10.4 Å². The van der Waals surface area contributed by atoms with E-state index in [0.29, 0.717) is 19.4 Å². The van der Waals surface area contributed by atoms with Crippen LogP contribution < -0.4 is 5.32 Å². The molecule has 29 heavy (non-hydrogen) atoms. The van der Waals surface area contributed by atoms with Crippen molar-refractivity contribution in [3.63, 3.8) is 0 Å². The number of amides is 2. The number of nitrogens with one attached hydrogen (secondary N) is 1. The average molecular weight is 611 g/mol. The Balaban J connectivity index is 0.000000292. The minimum atomic E-state index is -0.278. The molecule has 0 aliphatic carbocycles. The number of thiazole rings is 1. The van der Waals surface area contributed by atoms with Crippen LogP contribution in [-0.2, 0) is 48.9 Å². The Morgan fingerprint density at radius 2 is 1.90 bits per heavy atom. The van der Waals surface area contributed by atoms with E-state index >= 15 is 0 Å². The second kappa shape index (κ2) is 12.5. The summed E-state index contributed by atoms with van der Waals surface area (Å²) in [5, 5.41) is 2.64. The molecule has 0 unspecified atom stereocenters. The number of carbonyl (C=O) groups excluding carboxylic acids is 2. The maximum atomic E-state index is 11.5. The van der Waals surface area contributed by atoms with Crippen LogP contribution in [0.2, 0.25) is 0 Å². The minimum Gasteiger partial charge on any atom is -0.786 e. The fraction of sp³-hybridized carbons (Fsp3) is 0.476. The normalized spacial score (nSPS) is 13.2. The van der Waals surface area contributed by atoms with E-state index in [1.807, 2.05) is 43.3 Å². The topological polar surface area (TPSA) is 62.3 Å². The van der Waals surface area contributed by atoms with Crippen LogP contribution in [0.1, 0.15) is 44.4 Å². The predicted octanol–water partition coefficient (Wildman–Crippen LogP) is 3.69. The SMILES string of the molecule is CC(C)([S-])CC(=O)N1CCCC1.Cc1ncsc1-c1ccc(CNC=O)cc1.[Ir]. The number of hydrogen-bond acceptors (Lipinski definition) is 5. The Kier molecular flexibility index (Phi) is 11.1. The Labute approximate surface area is 196 Å². The second-order valence-corrected chi connectivity index (χ2v) is 9.45. The first-order valence-electron chi connectivity index (χ1n) is 9.45. The molecule has 0 atom stereocenters. The fourth-order valence-corrected chi connectivity index (χ4v) is 3.89. The number of hydrogen-bond donors (Lipinski definition) is 1. The summed E-state index contributed by atoms with van der Waals surface area (Å²) in [7, 11) is 0. The molecule has 161 valence electrons. The van der Waals surface area contributed by atoms with Crippen LogP contribution in [0.15, 0.2) is 29.8 Å². The summed E-state index contributed by atoms with van der Waals surface area (Å²) in [5.41, 5.74) is 5.18. The summed E-state index contributed by atoms with van der Waals surface area (Å²) in [4.78, 5) is 29.0. The molecule has 2 amide bonds. The molecule has 1 aliphatic heterocycles. The van der Waals surface area contributed by atoms with Gasteiger partial charge < -0.3 is 22.8 Å². The van der Waals surface area contributed by atoms with Crippen LogP contribution in [0.5, 0.6) is 0 Å². The van der Waals surface area contributed by atoms with Crippen molar-refractivity contribution in [2.45, 2.75) is 51.3 Å². The van der Waals surface area contributed by atoms with E-state index in [1.54, 1.807) is 11.3 Å². The summed E-state index contributed by atoms with van der Waals surface area (Å²) in [6.45, 7) is 8.31. The van der Waals surface area contributed by atoms with Crippen molar-refractivity contribution in [2.75, 3.05) is 13.1 Å². The number of likely N-dealkylation sites (tertiary alicyclic amines) is 1. The van der Waals surface area contributed by atoms with Crippen molar-refractivity contribution in [2.24, 2.45) is 0 Å². The second-order valence-electron chi connectivity index (χ2n) is 7.49. The minimum absolute atomic E-state index is 0. The van der Waals surface area contributed by atoms with Crippen LogP contribution in [-0.4, -0.2) is 40.0 Å². The summed E-state index contributed by atoms with van der Waals surface area (Å²) >= 11 is 6.79. The quantitative estimate of drug-likeness (QED) is 0.401. The molecule has 1 saturated heterocycles. The Morgan fingerprint density at radius 3 is 2.38 bits per heavy atom. The van der Waals surface area contributed by atoms with Gasteiger partial charge in [-0.25, -0.2) is 4.98 Å². The van der Waals surface area contributed by atoms with Gasteiger partial charge >= 0.3 is 0 Å². The van der Waals surface area contributed by atoms with Crippen LogP contribution in [0.3, 0.4) is 0 Å². The van der Waals surface area contributed by atoms with Crippen LogP contribution in [0, 0.1) is 6.92 Å². The molecular formula is C21H28IrN3O2S2-. The summed E-state index contributed by atoms with van der Waals surface area (Å²) in [6, 6.07) is 8.15. The van der Waals surface area contributed by atoms with Crippen molar-refractivity contribution in [3.05, 3.63) is 41.0 Å². The van der Waals surface area contributed by atoms with E-state index in [0.717, 1.165) is 37.2 Å². The van der Waals surface area contributed by atoms with Gasteiger partial charge in [-0.15, -0.1) is 16.1 Å². The Morgan fingerprint density at radius 1 is 1.28 bits per heavy atom. The van der Waals surface area contributed by atoms with Gasteiger partial charge in [-0.3, -0.25) is 9.59 Å². The molecule has 5 nitrogen and oxygen atoms in total. The number of benzene rings is 1. The molecule has 0 bridgehead atoms. The van der Waals surface area contributed by atoms with E-state index < -0.39 is 0 Å². The third-order valence-corrected chi connectivity index (χ3v) is 5.51. The van der Waals surface area contributed by atoms with E-state index in [9.17, 15) is 9.59 Å². The van der Waals surface area contributed by atoms with Gasteiger partial charge in [0.15, 0.2) is 0 Å². The molecule has 1 N–H and O–H groups in total. The van der Waals surface area contributed by atoms with Crippen LogP contribution >= 0.6 is 11.3 Å². The zero-order valence-corrected chi connectivity index (χ0v) is 21.1. The summed E-state index contributed by atoms with van der Waals surface area (Å²) in [5.74, 6) is 0.229. The molecule has 3 rings (SSSR count). The van der Waals surface area contributed by atoms with Crippen molar-refractivity contribution < 1.29 is 29.7 Å². The molecule has 0 spiro atoms. The summed E-state index contributed by atoms with van der Waals surface area (Å²) in [6.07, 6.45) is 3.52. The standard InChI is InChI=1S/C12H12N2OS.C9H17NOS.Ir/c1-9-12(16-8-14-9)11-4-2-10(3-5-11)6-13-7-15;1-9(2,12)7-8(11)10-5-3-4-6-10;/h2-5,7-8H,6H2,1H3,(H,13,15);12H,3-7H2,1-2H3;/p-1. The van der Waals surface area contributed by atoms with Gasteiger partial charge in [-0.1, -0.05) is 38.1 Å². The third kappa shape index (κ3) is 8.99. The van der Waals surface area contributed by atoms with Crippen molar-refractivity contribution >= 4 is 36.3 Å². The first kappa shape index (κ1) is 25.8. The van der Waals surface area contributed by atoms with Gasteiger partial charge in [-0.2, -0.15) is 0 Å². The maximum Gasteiger partial charge on any atom is 0.221 e. The molecule has 1 aliphatic rings. The summed E-state index contributed by atoms with van der Waals surface area (Å²) < 4.78 is -0.278. The van der Waals surface area contributed by atoms with Crippen LogP contribution in [0.4, 0.5) is 0 Å². The first-order valence-corrected chi connectivity index (χ1v) is 10.7. The average Bonchev–Trinajstić information content (AvgIpc) is 3.31. The van der Waals surface area contributed by atoms with Gasteiger partial charge in [0.1, 0.15) is 0 Å². The molecule has 1 aromatic carbocycles. The van der Waals surface area contributed by atoms with Crippen LogP contribution in [0.25, 0.3) is 10.4 Å². The van der Waals surface area contributed by atoms with Gasteiger partial charge in [0, 0.05) is 46.2 Å². The molecular weight excluding hydrogens is 583 g/mol. The maximum absolute atomic E-state index is 11.5. The molecule has 1 fully saturated rings. The zero-order valence-electron chi connectivity index (χ0n) is 17.1. The Bertz CT molecular complexity index is 767. The van der Waals surface area contributed by atoms with Crippen molar-refractivity contribution in [1.29, 1.82) is 0 Å². The molecule has 1 radical (unpaired) electrons. The van der Waals surface area contributed by atoms with E-state index in [1.165, 1.54) is 10.4 Å². The van der Waals surface area contributed by atoms with Crippen molar-refractivity contribution in [1.82, 2.24) is 15.2 Å². The molecule has 0 saturated carbocycles. The molecule has 1 aromatic heterocycles. The largest absolute Gasteiger partial charge is 0.786 e. The van der Waals surface area contributed by atoms with E-state index in [2.05, 4.69) is 22.4 Å².